The zero-order valence-corrected chi connectivity index (χ0v) is 11.3. The summed E-state index contributed by atoms with van der Waals surface area (Å²) in [4.78, 5) is 11.3. The van der Waals surface area contributed by atoms with Crippen LogP contribution in [0.1, 0.15) is 11.6 Å². The van der Waals surface area contributed by atoms with Gasteiger partial charge in [-0.2, -0.15) is 0 Å². The number of hydrogen-bond donors (Lipinski definition) is 2. The number of carboxylic acid groups (broad SMARTS) is 1. The van der Waals surface area contributed by atoms with Crippen molar-refractivity contribution < 1.29 is 19.0 Å². The molecule has 1 unspecified atom stereocenters. The van der Waals surface area contributed by atoms with Crippen LogP contribution in [0.4, 0.5) is 4.39 Å². The first-order valence-electron chi connectivity index (χ1n) is 6.57. The summed E-state index contributed by atoms with van der Waals surface area (Å²) in [5.74, 6) is -1.24. The van der Waals surface area contributed by atoms with Gasteiger partial charge in [-0.15, -0.1) is 0 Å². The molecule has 0 aromatic heterocycles. The summed E-state index contributed by atoms with van der Waals surface area (Å²) >= 11 is 0. The molecule has 5 heteroatoms. The second-order valence-corrected chi connectivity index (χ2v) is 4.41. The lowest BCUT2D eigenvalue weighted by Crippen LogP contribution is -2.31. The van der Waals surface area contributed by atoms with Crippen LogP contribution >= 0.6 is 0 Å². The zero-order valence-electron chi connectivity index (χ0n) is 11.3. The maximum absolute atomic E-state index is 13.3. The summed E-state index contributed by atoms with van der Waals surface area (Å²) in [6.45, 7) is 0.470. The van der Waals surface area contributed by atoms with Crippen molar-refractivity contribution in [3.05, 3.63) is 66.0 Å². The van der Waals surface area contributed by atoms with Crippen molar-refractivity contribution in [1.29, 1.82) is 0 Å². The van der Waals surface area contributed by atoms with Crippen LogP contribution in [-0.2, 0) is 4.79 Å². The Labute approximate surface area is 122 Å². The van der Waals surface area contributed by atoms with E-state index < -0.39 is 17.8 Å². The molecule has 2 aromatic rings. The molecule has 110 valence electrons. The number of nitrogens with one attached hydrogen (secondary N) is 1. The molecule has 0 bridgehead atoms. The normalized spacial score (nSPS) is 11.9. The lowest BCUT2D eigenvalue weighted by atomic mass is 10.1. The van der Waals surface area contributed by atoms with Gasteiger partial charge in [-0.05, 0) is 17.7 Å². The average Bonchev–Trinajstić information content (AvgIpc) is 2.49. The molecular weight excluding hydrogens is 273 g/mol. The lowest BCUT2D eigenvalue weighted by Gasteiger charge is -2.15. The molecule has 2 rings (SSSR count). The van der Waals surface area contributed by atoms with E-state index >= 15 is 0 Å². The maximum Gasteiger partial charge on any atom is 0.325 e. The van der Waals surface area contributed by atoms with Gasteiger partial charge in [-0.3, -0.25) is 10.1 Å². The topological polar surface area (TPSA) is 58.6 Å². The van der Waals surface area contributed by atoms with Crippen LogP contribution in [0.5, 0.6) is 5.75 Å². The van der Waals surface area contributed by atoms with Crippen molar-refractivity contribution in [2.75, 3.05) is 13.2 Å². The van der Waals surface area contributed by atoms with E-state index in [1.807, 2.05) is 6.07 Å². The molecule has 0 amide bonds. The minimum Gasteiger partial charge on any atom is -0.489 e. The third-order valence-corrected chi connectivity index (χ3v) is 2.92. The Morgan fingerprint density at radius 2 is 1.81 bits per heavy atom. The zero-order chi connectivity index (χ0) is 15.1. The summed E-state index contributed by atoms with van der Waals surface area (Å²) in [5, 5.41) is 12.1. The molecule has 0 spiro atoms. The van der Waals surface area contributed by atoms with Crippen LogP contribution in [0.25, 0.3) is 0 Å². The van der Waals surface area contributed by atoms with Crippen molar-refractivity contribution in [2.24, 2.45) is 0 Å². The highest BCUT2D eigenvalue weighted by Gasteiger charge is 2.18. The lowest BCUT2D eigenvalue weighted by molar-refractivity contribution is -0.139. The number of halogens is 1. The molecule has 0 aliphatic carbocycles. The number of benzene rings is 2. The second kappa shape index (κ2) is 7.40. The highest BCUT2D eigenvalue weighted by molar-refractivity contribution is 5.75. The number of carbonyl (C=O) groups is 1. The van der Waals surface area contributed by atoms with Gasteiger partial charge in [0.1, 0.15) is 12.6 Å². The molecule has 0 saturated heterocycles. The van der Waals surface area contributed by atoms with E-state index in [2.05, 4.69) is 5.32 Å². The fourth-order valence-electron chi connectivity index (χ4n) is 1.92. The monoisotopic (exact) mass is 289 g/mol. The quantitative estimate of drug-likeness (QED) is 0.769. The van der Waals surface area contributed by atoms with Crippen LogP contribution < -0.4 is 10.1 Å². The fraction of sp³-hybridized carbons (Fsp3) is 0.188. The van der Waals surface area contributed by atoms with Gasteiger partial charge in [-0.25, -0.2) is 4.39 Å². The molecule has 0 saturated carbocycles. The van der Waals surface area contributed by atoms with Gasteiger partial charge in [0.15, 0.2) is 11.6 Å². The maximum atomic E-state index is 13.3. The molecular formula is C16H16FNO3. The number of aliphatic carboxylic acids is 1. The van der Waals surface area contributed by atoms with Gasteiger partial charge in [0.2, 0.25) is 0 Å². The highest BCUT2D eigenvalue weighted by Crippen LogP contribution is 2.15. The van der Waals surface area contributed by atoms with Crippen LogP contribution in [0.2, 0.25) is 0 Å². The first-order valence-corrected chi connectivity index (χ1v) is 6.57. The highest BCUT2D eigenvalue weighted by atomic mass is 19.1. The fourth-order valence-corrected chi connectivity index (χ4v) is 1.92. The Morgan fingerprint density at radius 3 is 2.48 bits per heavy atom. The Bertz CT molecular complexity index is 589. The van der Waals surface area contributed by atoms with Crippen molar-refractivity contribution in [3.63, 3.8) is 0 Å². The van der Waals surface area contributed by atoms with Gasteiger partial charge in [0, 0.05) is 6.54 Å². The summed E-state index contributed by atoms with van der Waals surface area (Å²) in [5.41, 5.74) is 0.663. The van der Waals surface area contributed by atoms with Crippen molar-refractivity contribution in [1.82, 2.24) is 5.32 Å². The molecule has 0 aliphatic rings. The molecule has 2 aromatic carbocycles. The molecule has 0 fully saturated rings. The summed E-state index contributed by atoms with van der Waals surface area (Å²) in [6.07, 6.45) is 0. The number of hydrogen-bond acceptors (Lipinski definition) is 3. The average molecular weight is 289 g/mol. The summed E-state index contributed by atoms with van der Waals surface area (Å²) in [7, 11) is 0. The van der Waals surface area contributed by atoms with E-state index in [-0.39, 0.29) is 12.4 Å². The third kappa shape index (κ3) is 4.29. The number of ether oxygens (including phenoxy) is 1. The summed E-state index contributed by atoms with van der Waals surface area (Å²) in [6, 6.07) is 14.2. The Hall–Kier alpha value is -2.40. The largest absolute Gasteiger partial charge is 0.489 e. The van der Waals surface area contributed by atoms with Gasteiger partial charge < -0.3 is 9.84 Å². The van der Waals surface area contributed by atoms with Crippen molar-refractivity contribution >= 4 is 5.97 Å². The number of para-hydroxylation sites is 1. The van der Waals surface area contributed by atoms with Crippen LogP contribution in [-0.4, -0.2) is 24.2 Å². The third-order valence-electron chi connectivity index (χ3n) is 2.92. The number of rotatable bonds is 7. The molecule has 0 radical (unpaired) electrons. The van der Waals surface area contributed by atoms with E-state index in [0.29, 0.717) is 12.1 Å². The molecule has 4 nitrogen and oxygen atoms in total. The number of carboxylic acids is 1. The van der Waals surface area contributed by atoms with Gasteiger partial charge >= 0.3 is 5.97 Å². The van der Waals surface area contributed by atoms with Crippen molar-refractivity contribution in [2.45, 2.75) is 6.04 Å². The summed E-state index contributed by atoms with van der Waals surface area (Å²) < 4.78 is 18.6. The van der Waals surface area contributed by atoms with E-state index in [4.69, 9.17) is 4.74 Å². The molecule has 0 aliphatic heterocycles. The van der Waals surface area contributed by atoms with Crippen LogP contribution in [0.3, 0.4) is 0 Å². The van der Waals surface area contributed by atoms with E-state index in [1.165, 1.54) is 12.1 Å². The van der Waals surface area contributed by atoms with Crippen LogP contribution in [0.15, 0.2) is 54.6 Å². The van der Waals surface area contributed by atoms with Gasteiger partial charge in [-0.1, -0.05) is 42.5 Å². The Morgan fingerprint density at radius 1 is 1.14 bits per heavy atom. The Balaban J connectivity index is 1.86. The molecule has 2 N–H and O–H groups in total. The van der Waals surface area contributed by atoms with Gasteiger partial charge in [0.25, 0.3) is 0 Å². The van der Waals surface area contributed by atoms with Crippen molar-refractivity contribution in [3.8, 4) is 5.75 Å². The first-order chi connectivity index (χ1) is 10.2. The SMILES string of the molecule is O=C(O)C(NCCOc1ccccc1F)c1ccccc1. The minimum atomic E-state index is -0.966. The first kappa shape index (κ1) is 15.0. The van der Waals surface area contributed by atoms with E-state index in [9.17, 15) is 14.3 Å². The van der Waals surface area contributed by atoms with E-state index in [1.54, 1.807) is 36.4 Å². The molecule has 0 heterocycles. The van der Waals surface area contributed by atoms with Gasteiger partial charge in [0.05, 0.1) is 0 Å². The molecule has 21 heavy (non-hydrogen) atoms. The second-order valence-electron chi connectivity index (χ2n) is 4.41. The Kier molecular flexibility index (Phi) is 5.29. The predicted octanol–water partition coefficient (Wildman–Crippen LogP) is 2.62. The standard InChI is InChI=1S/C16H16FNO3/c17-13-8-4-5-9-14(13)21-11-10-18-15(16(19)20)12-6-2-1-3-7-12/h1-9,15,18H,10-11H2,(H,19,20). The smallest absolute Gasteiger partial charge is 0.325 e. The van der Waals surface area contributed by atoms with E-state index in [0.717, 1.165) is 0 Å². The van der Waals surface area contributed by atoms with Crippen LogP contribution in [0, 0.1) is 5.82 Å². The minimum absolute atomic E-state index is 0.158. The molecule has 1 atom stereocenters. The predicted molar refractivity (Wildman–Crippen MR) is 76.7 cm³/mol.